The van der Waals surface area contributed by atoms with Gasteiger partial charge in [0.15, 0.2) is 0 Å². The summed E-state index contributed by atoms with van der Waals surface area (Å²) < 4.78 is 19.3. The molecule has 0 aliphatic carbocycles. The summed E-state index contributed by atoms with van der Waals surface area (Å²) in [5.74, 6) is -1.15. The van der Waals surface area contributed by atoms with Gasteiger partial charge in [0.2, 0.25) is 5.91 Å². The summed E-state index contributed by atoms with van der Waals surface area (Å²) in [6.45, 7) is 2.94. The normalized spacial score (nSPS) is 18.7. The smallest absolute Gasteiger partial charge is 0.254 e. The highest BCUT2D eigenvalue weighted by molar-refractivity contribution is 5.93. The van der Waals surface area contributed by atoms with Crippen molar-refractivity contribution in [2.24, 2.45) is 5.73 Å². The van der Waals surface area contributed by atoms with E-state index in [4.69, 9.17) is 10.5 Å². The van der Waals surface area contributed by atoms with Crippen LogP contribution in [0.5, 0.6) is 5.75 Å². The van der Waals surface area contributed by atoms with Gasteiger partial charge in [0.05, 0.1) is 17.8 Å². The second-order valence-corrected chi connectivity index (χ2v) is 8.31. The van der Waals surface area contributed by atoms with Crippen molar-refractivity contribution in [3.8, 4) is 17.0 Å². The molecule has 33 heavy (non-hydrogen) atoms. The molecule has 1 aliphatic rings. The third kappa shape index (κ3) is 4.12. The van der Waals surface area contributed by atoms with Gasteiger partial charge in [-0.1, -0.05) is 0 Å². The topological polar surface area (TPSA) is 140 Å². The summed E-state index contributed by atoms with van der Waals surface area (Å²) in [4.78, 5) is 36.8. The number of carbonyl (C=O) groups excluding carboxylic acids is 2. The van der Waals surface area contributed by atoms with Gasteiger partial charge in [0.25, 0.3) is 5.91 Å². The summed E-state index contributed by atoms with van der Waals surface area (Å²) in [6.07, 6.45) is 4.01. The van der Waals surface area contributed by atoms with Gasteiger partial charge in [0.1, 0.15) is 41.2 Å². The van der Waals surface area contributed by atoms with Crippen LogP contribution in [0.15, 0.2) is 49.1 Å². The molecule has 0 unspecified atom stereocenters. The average molecular weight is 451 g/mol. The lowest BCUT2D eigenvalue weighted by molar-refractivity contribution is -0.123. The number of nitrogens with zero attached hydrogens (tertiary/aromatic N) is 3. The highest BCUT2D eigenvalue weighted by Crippen LogP contribution is 2.45. The fourth-order valence-electron chi connectivity index (χ4n) is 3.53. The van der Waals surface area contributed by atoms with Crippen LogP contribution in [0.2, 0.25) is 0 Å². The number of amides is 2. The van der Waals surface area contributed by atoms with Crippen LogP contribution >= 0.6 is 0 Å². The number of hydrogen-bond donors (Lipinski definition) is 3. The summed E-state index contributed by atoms with van der Waals surface area (Å²) in [6, 6.07) is 7.16. The molecule has 0 fully saturated rings. The zero-order valence-electron chi connectivity index (χ0n) is 18.0. The number of hydrogen-bond acceptors (Lipinski definition) is 7. The van der Waals surface area contributed by atoms with E-state index in [-0.39, 0.29) is 24.4 Å². The Morgan fingerprint density at radius 2 is 1.94 bits per heavy atom. The molecule has 1 aliphatic heterocycles. The van der Waals surface area contributed by atoms with Crippen molar-refractivity contribution in [3.63, 3.8) is 0 Å². The van der Waals surface area contributed by atoms with E-state index >= 15 is 0 Å². The van der Waals surface area contributed by atoms with E-state index in [1.807, 2.05) is 0 Å². The number of aromatic nitrogens is 3. The molecule has 3 heterocycles. The minimum absolute atomic E-state index is 0.00385. The first kappa shape index (κ1) is 22.3. The molecule has 0 saturated carbocycles. The highest BCUT2D eigenvalue weighted by atomic mass is 19.1. The van der Waals surface area contributed by atoms with E-state index in [1.54, 1.807) is 13.0 Å². The highest BCUT2D eigenvalue weighted by Gasteiger charge is 2.45. The average Bonchev–Trinajstić information content (AvgIpc) is 3.16. The van der Waals surface area contributed by atoms with Gasteiger partial charge in [-0.15, -0.1) is 0 Å². The Morgan fingerprint density at radius 1 is 1.27 bits per heavy atom. The molecule has 2 aromatic heterocycles. The number of pyridine rings is 1. The Hall–Kier alpha value is -3.92. The van der Waals surface area contributed by atoms with Crippen molar-refractivity contribution in [2.75, 3.05) is 13.2 Å². The molecule has 0 saturated heterocycles. The molecule has 170 valence electrons. The number of carbonyl (C=O) groups is 2. The molecule has 2 amide bonds. The van der Waals surface area contributed by atoms with Crippen LogP contribution in [0.25, 0.3) is 11.3 Å². The Morgan fingerprint density at radius 3 is 2.58 bits per heavy atom. The van der Waals surface area contributed by atoms with Gasteiger partial charge in [-0.3, -0.25) is 9.59 Å². The van der Waals surface area contributed by atoms with E-state index in [0.29, 0.717) is 22.6 Å². The molecule has 0 bridgehead atoms. The number of nitrogens with one attached hydrogen (secondary N) is 1. The number of primary amides is 1. The van der Waals surface area contributed by atoms with Gasteiger partial charge < -0.3 is 20.9 Å². The predicted molar refractivity (Wildman–Crippen MR) is 116 cm³/mol. The Balaban J connectivity index is 1.74. The first-order valence-corrected chi connectivity index (χ1v) is 10.1. The van der Waals surface area contributed by atoms with E-state index in [9.17, 15) is 19.1 Å². The van der Waals surface area contributed by atoms with Crippen LogP contribution in [-0.4, -0.2) is 45.0 Å². The number of benzene rings is 1. The molecule has 0 radical (unpaired) electrons. The number of halogens is 1. The van der Waals surface area contributed by atoms with Gasteiger partial charge in [-0.05, 0) is 44.2 Å². The number of ether oxygens (including phenoxy) is 1. The molecule has 10 heteroatoms. The molecule has 4 N–H and O–H groups in total. The van der Waals surface area contributed by atoms with Crippen LogP contribution in [-0.2, 0) is 15.8 Å². The van der Waals surface area contributed by atoms with Gasteiger partial charge >= 0.3 is 0 Å². The standard InChI is InChI=1S/C23H22FN5O4/c1-22(21(25)31)11-33-19-16(22)7-17(29-18(19)13-3-5-15(24)6-4-13)23(2,32)10-28-20(30)14-8-26-12-27-9-14/h3-9,12,32H,10-11H2,1-2H3,(H2,25,31)(H,28,30)/t22-,23-/m0/s1. The van der Waals surface area contributed by atoms with Crippen LogP contribution in [0.1, 0.15) is 35.5 Å². The van der Waals surface area contributed by atoms with Crippen LogP contribution < -0.4 is 15.8 Å². The largest absolute Gasteiger partial charge is 0.489 e. The number of fused-ring (bicyclic) bond motifs is 1. The third-order valence-electron chi connectivity index (χ3n) is 5.70. The molecule has 3 aromatic rings. The van der Waals surface area contributed by atoms with Gasteiger partial charge in [-0.25, -0.2) is 19.3 Å². The molecule has 1 aromatic carbocycles. The Labute approximate surface area is 188 Å². The zero-order valence-corrected chi connectivity index (χ0v) is 18.0. The second-order valence-electron chi connectivity index (χ2n) is 8.31. The monoisotopic (exact) mass is 451 g/mol. The maximum Gasteiger partial charge on any atom is 0.254 e. The SMILES string of the molecule is C[C@](O)(CNC(=O)c1cncnc1)c1cc2c(c(-c3ccc(F)cc3)n1)OC[C@]2(C)C(N)=O. The lowest BCUT2D eigenvalue weighted by Gasteiger charge is -2.26. The summed E-state index contributed by atoms with van der Waals surface area (Å²) in [7, 11) is 0. The van der Waals surface area contributed by atoms with Crippen molar-refractivity contribution in [2.45, 2.75) is 24.9 Å². The first-order chi connectivity index (χ1) is 15.6. The van der Waals surface area contributed by atoms with Crippen LogP contribution in [0.4, 0.5) is 4.39 Å². The van der Waals surface area contributed by atoms with Crippen molar-refractivity contribution < 1.29 is 23.8 Å². The van der Waals surface area contributed by atoms with Crippen molar-refractivity contribution in [3.05, 3.63) is 71.7 Å². The maximum atomic E-state index is 13.5. The van der Waals surface area contributed by atoms with Gasteiger partial charge in [0, 0.05) is 23.5 Å². The van der Waals surface area contributed by atoms with Crippen LogP contribution in [0.3, 0.4) is 0 Å². The molecule has 2 atom stereocenters. The number of nitrogens with two attached hydrogens (primary N) is 1. The number of aliphatic hydroxyl groups is 1. The quantitative estimate of drug-likeness (QED) is 0.515. The summed E-state index contributed by atoms with van der Waals surface area (Å²) >= 11 is 0. The van der Waals surface area contributed by atoms with E-state index < -0.39 is 28.6 Å². The second kappa shape index (κ2) is 8.21. The molecule has 4 rings (SSSR count). The maximum absolute atomic E-state index is 13.5. The lowest BCUT2D eigenvalue weighted by Crippen LogP contribution is -2.41. The van der Waals surface area contributed by atoms with E-state index in [2.05, 4.69) is 20.3 Å². The first-order valence-electron chi connectivity index (χ1n) is 10.1. The molecular weight excluding hydrogens is 429 g/mol. The summed E-state index contributed by atoms with van der Waals surface area (Å²) in [5, 5.41) is 13.8. The van der Waals surface area contributed by atoms with E-state index in [0.717, 1.165) is 0 Å². The van der Waals surface area contributed by atoms with Crippen LogP contribution in [0, 0.1) is 5.82 Å². The minimum atomic E-state index is -1.63. The zero-order chi connectivity index (χ0) is 23.8. The Bertz CT molecular complexity index is 1220. The fourth-order valence-corrected chi connectivity index (χ4v) is 3.53. The summed E-state index contributed by atoms with van der Waals surface area (Å²) in [5.41, 5.74) is 4.62. The van der Waals surface area contributed by atoms with Crippen molar-refractivity contribution in [1.82, 2.24) is 20.3 Å². The minimum Gasteiger partial charge on any atom is -0.489 e. The lowest BCUT2D eigenvalue weighted by atomic mass is 9.82. The van der Waals surface area contributed by atoms with Crippen molar-refractivity contribution in [1.29, 1.82) is 0 Å². The molecular formula is C23H22FN5O4. The number of rotatable bonds is 6. The van der Waals surface area contributed by atoms with E-state index in [1.165, 1.54) is 49.9 Å². The Kier molecular flexibility index (Phi) is 5.54. The fraction of sp³-hybridized carbons (Fsp3) is 0.261. The van der Waals surface area contributed by atoms with Gasteiger partial charge in [-0.2, -0.15) is 0 Å². The predicted octanol–water partition coefficient (Wildman–Crippen LogP) is 1.45. The molecule has 9 nitrogen and oxygen atoms in total. The van der Waals surface area contributed by atoms with Crippen molar-refractivity contribution >= 4 is 11.8 Å². The molecule has 0 spiro atoms. The third-order valence-corrected chi connectivity index (χ3v) is 5.70.